The zero-order valence-corrected chi connectivity index (χ0v) is 8.04. The molecular formula is C9H15NO3. The third kappa shape index (κ3) is 4.40. The number of allylic oxidation sites excluding steroid dienone is 2. The van der Waals surface area contributed by atoms with E-state index in [1.165, 1.54) is 6.92 Å². The predicted octanol–water partition coefficient (Wildman–Crippen LogP) is 2.69. The van der Waals surface area contributed by atoms with Gasteiger partial charge in [0.05, 0.1) is 0 Å². The maximum atomic E-state index is 10.7. The summed E-state index contributed by atoms with van der Waals surface area (Å²) in [4.78, 5) is 20.9. The van der Waals surface area contributed by atoms with Gasteiger partial charge in [-0.1, -0.05) is 19.8 Å². The average molecular weight is 185 g/mol. The molecule has 0 fully saturated rings. The van der Waals surface area contributed by atoms with Crippen molar-refractivity contribution in [3.05, 3.63) is 16.4 Å². The molecule has 0 aliphatic heterocycles. The molecule has 0 aromatic rings. The molecular weight excluding hydrogens is 170 g/mol. The molecule has 74 valence electrons. The Hall–Kier alpha value is -1.19. The summed E-state index contributed by atoms with van der Waals surface area (Å²) in [6.07, 6.45) is 3.12. The Morgan fingerprint density at radius 2 is 2.00 bits per heavy atom. The molecule has 0 radical (unpaired) electrons. The van der Waals surface area contributed by atoms with Crippen molar-refractivity contribution in [3.8, 4) is 0 Å². The normalized spacial score (nSPS) is 12.2. The largest absolute Gasteiger partial charge is 0.510 e. The van der Waals surface area contributed by atoms with Crippen molar-refractivity contribution < 1.29 is 9.90 Å². The van der Waals surface area contributed by atoms with Gasteiger partial charge in [0.15, 0.2) is 11.5 Å². The molecule has 0 heterocycles. The van der Waals surface area contributed by atoms with Crippen LogP contribution in [0, 0.1) is 4.91 Å². The van der Waals surface area contributed by atoms with Crippen molar-refractivity contribution in [3.63, 3.8) is 0 Å². The lowest BCUT2D eigenvalue weighted by Gasteiger charge is -2.00. The minimum absolute atomic E-state index is 0.184. The molecule has 0 bridgehead atoms. The first kappa shape index (κ1) is 11.8. The van der Waals surface area contributed by atoms with Gasteiger partial charge < -0.3 is 5.11 Å². The summed E-state index contributed by atoms with van der Waals surface area (Å²) in [5, 5.41) is 11.8. The first-order chi connectivity index (χ1) is 6.13. The fraction of sp³-hybridized carbons (Fsp3) is 0.667. The van der Waals surface area contributed by atoms with Crippen LogP contribution in [0.25, 0.3) is 0 Å². The minimum Gasteiger partial charge on any atom is -0.510 e. The highest BCUT2D eigenvalue weighted by Crippen LogP contribution is 2.12. The molecule has 4 heteroatoms. The molecule has 1 N–H and O–H groups in total. The number of Topliss-reactive ketones (excluding diaryl/α,β-unsaturated/α-hetero) is 1. The molecule has 4 nitrogen and oxygen atoms in total. The number of rotatable bonds is 6. The smallest absolute Gasteiger partial charge is 0.187 e. The second kappa shape index (κ2) is 6.34. The summed E-state index contributed by atoms with van der Waals surface area (Å²) >= 11 is 0. The molecule has 0 amide bonds. The Balaban J connectivity index is 4.22. The van der Waals surface area contributed by atoms with Crippen LogP contribution in [-0.4, -0.2) is 10.9 Å². The molecule has 0 aliphatic rings. The van der Waals surface area contributed by atoms with Gasteiger partial charge in [-0.05, 0) is 11.6 Å². The number of nitrogens with zero attached hydrogens (tertiary/aromatic N) is 1. The fourth-order valence-electron chi connectivity index (χ4n) is 0.981. The Morgan fingerprint density at radius 3 is 2.38 bits per heavy atom. The minimum atomic E-state index is -0.482. The van der Waals surface area contributed by atoms with Gasteiger partial charge in [0.25, 0.3) is 0 Å². The van der Waals surface area contributed by atoms with Crippen LogP contribution >= 0.6 is 0 Å². The third-order valence-electron chi connectivity index (χ3n) is 1.72. The Bertz CT molecular complexity index is 221. The fourth-order valence-corrected chi connectivity index (χ4v) is 0.981. The van der Waals surface area contributed by atoms with Crippen LogP contribution < -0.4 is 0 Å². The molecule has 0 aliphatic carbocycles. The van der Waals surface area contributed by atoms with Gasteiger partial charge in [-0.25, -0.2) is 0 Å². The molecule has 13 heavy (non-hydrogen) atoms. The van der Waals surface area contributed by atoms with Crippen molar-refractivity contribution in [2.24, 2.45) is 5.18 Å². The maximum absolute atomic E-state index is 10.7. The van der Waals surface area contributed by atoms with E-state index in [0.717, 1.165) is 19.3 Å². The van der Waals surface area contributed by atoms with Crippen LogP contribution in [-0.2, 0) is 4.79 Å². The average Bonchev–Trinajstić information content (AvgIpc) is 2.05. The van der Waals surface area contributed by atoms with Crippen molar-refractivity contribution >= 4 is 5.78 Å². The zero-order valence-electron chi connectivity index (χ0n) is 8.04. The van der Waals surface area contributed by atoms with Crippen LogP contribution in [0.1, 0.15) is 39.5 Å². The van der Waals surface area contributed by atoms with Gasteiger partial charge in [0.2, 0.25) is 0 Å². The van der Waals surface area contributed by atoms with Gasteiger partial charge in [-0.15, -0.1) is 4.91 Å². The molecule has 0 unspecified atom stereocenters. The highest BCUT2D eigenvalue weighted by atomic mass is 16.3. The van der Waals surface area contributed by atoms with Crippen LogP contribution in [0.5, 0.6) is 0 Å². The third-order valence-corrected chi connectivity index (χ3v) is 1.72. The first-order valence-electron chi connectivity index (χ1n) is 4.39. The number of ketones is 1. The van der Waals surface area contributed by atoms with Crippen LogP contribution in [0.2, 0.25) is 0 Å². The van der Waals surface area contributed by atoms with Crippen LogP contribution in [0.15, 0.2) is 16.6 Å². The van der Waals surface area contributed by atoms with E-state index in [4.69, 9.17) is 0 Å². The maximum Gasteiger partial charge on any atom is 0.187 e. The highest BCUT2D eigenvalue weighted by molar-refractivity contribution is 5.93. The molecule has 0 atom stereocenters. The number of nitroso groups, excluding NO2 is 1. The van der Waals surface area contributed by atoms with E-state index in [0.29, 0.717) is 6.42 Å². The Kier molecular flexibility index (Phi) is 5.76. The van der Waals surface area contributed by atoms with E-state index in [9.17, 15) is 14.8 Å². The quantitative estimate of drug-likeness (QED) is 0.299. The van der Waals surface area contributed by atoms with Crippen LogP contribution in [0.4, 0.5) is 0 Å². The summed E-state index contributed by atoms with van der Waals surface area (Å²) in [7, 11) is 0. The summed E-state index contributed by atoms with van der Waals surface area (Å²) < 4.78 is 0. The van der Waals surface area contributed by atoms with Gasteiger partial charge in [0.1, 0.15) is 5.76 Å². The topological polar surface area (TPSA) is 66.7 Å². The van der Waals surface area contributed by atoms with Gasteiger partial charge in [0, 0.05) is 13.3 Å². The first-order valence-corrected chi connectivity index (χ1v) is 4.39. The van der Waals surface area contributed by atoms with E-state index in [2.05, 4.69) is 5.18 Å². The molecule has 0 spiro atoms. The molecule has 0 aromatic carbocycles. The number of hydrogen-bond donors (Lipinski definition) is 1. The lowest BCUT2D eigenvalue weighted by molar-refractivity contribution is -0.113. The molecule has 0 saturated heterocycles. The predicted molar refractivity (Wildman–Crippen MR) is 50.3 cm³/mol. The van der Waals surface area contributed by atoms with E-state index in [1.807, 2.05) is 6.92 Å². The van der Waals surface area contributed by atoms with Crippen molar-refractivity contribution in [1.82, 2.24) is 0 Å². The summed E-state index contributed by atoms with van der Waals surface area (Å²) in [6, 6.07) is 0. The monoisotopic (exact) mass is 185 g/mol. The van der Waals surface area contributed by atoms with Crippen molar-refractivity contribution in [2.45, 2.75) is 39.5 Å². The number of hydrogen-bond acceptors (Lipinski definition) is 4. The second-order valence-corrected chi connectivity index (χ2v) is 2.90. The van der Waals surface area contributed by atoms with E-state index >= 15 is 0 Å². The summed E-state index contributed by atoms with van der Waals surface area (Å²) in [5.74, 6) is -0.667. The number of carbonyl (C=O) groups excluding carboxylic acids is 1. The summed E-state index contributed by atoms with van der Waals surface area (Å²) in [5.41, 5.74) is -0.337. The van der Waals surface area contributed by atoms with E-state index in [1.54, 1.807) is 0 Å². The van der Waals surface area contributed by atoms with Gasteiger partial charge in [-0.3, -0.25) is 4.79 Å². The lowest BCUT2D eigenvalue weighted by Crippen LogP contribution is -1.98. The zero-order chi connectivity index (χ0) is 10.3. The van der Waals surface area contributed by atoms with Crippen molar-refractivity contribution in [2.75, 3.05) is 0 Å². The van der Waals surface area contributed by atoms with Gasteiger partial charge in [-0.2, -0.15) is 0 Å². The highest BCUT2D eigenvalue weighted by Gasteiger charge is 2.10. The summed E-state index contributed by atoms with van der Waals surface area (Å²) in [6.45, 7) is 3.25. The van der Waals surface area contributed by atoms with Crippen molar-refractivity contribution in [1.29, 1.82) is 0 Å². The van der Waals surface area contributed by atoms with Crippen LogP contribution in [0.3, 0.4) is 0 Å². The number of aliphatic hydroxyl groups excluding tert-OH is 1. The molecule has 0 saturated carbocycles. The van der Waals surface area contributed by atoms with E-state index in [-0.39, 0.29) is 11.5 Å². The number of carbonyl (C=O) groups is 1. The standard InChI is InChI=1S/C9H15NO3/c1-3-4-5-6-8(12)9(10-13)7(2)11/h12H,3-6H2,1-2H3/b9-8-. The van der Waals surface area contributed by atoms with Gasteiger partial charge >= 0.3 is 0 Å². The second-order valence-electron chi connectivity index (χ2n) is 2.90. The van der Waals surface area contributed by atoms with E-state index < -0.39 is 5.78 Å². The number of aliphatic hydroxyl groups is 1. The molecule has 0 aromatic heterocycles. The Labute approximate surface area is 77.6 Å². The number of unbranched alkanes of at least 4 members (excludes halogenated alkanes) is 2. The SMILES string of the molecule is CCCCC/C(O)=C(/N=O)C(C)=O. The molecule has 0 rings (SSSR count). The Morgan fingerprint density at radius 1 is 1.38 bits per heavy atom. The lowest BCUT2D eigenvalue weighted by atomic mass is 10.1.